The molecule has 0 radical (unpaired) electrons. The Labute approximate surface area is 128 Å². The normalized spacial score (nSPS) is 20.9. The lowest BCUT2D eigenvalue weighted by Crippen LogP contribution is -2.40. The molecule has 1 aliphatic rings. The Morgan fingerprint density at radius 1 is 1.38 bits per heavy atom. The Bertz CT molecular complexity index is 727. The third-order valence-corrected chi connectivity index (χ3v) is 6.36. The second kappa shape index (κ2) is 5.96. The van der Waals surface area contributed by atoms with Crippen molar-refractivity contribution in [1.29, 1.82) is 0 Å². The lowest BCUT2D eigenvalue weighted by molar-refractivity contribution is 0.258. The molecule has 1 unspecified atom stereocenters. The Morgan fingerprint density at radius 2 is 2.24 bits per heavy atom. The van der Waals surface area contributed by atoms with Crippen LogP contribution in [0.4, 0.5) is 0 Å². The maximum absolute atomic E-state index is 12.9. The fourth-order valence-electron chi connectivity index (χ4n) is 2.85. The van der Waals surface area contributed by atoms with E-state index in [1.54, 1.807) is 22.5 Å². The standard InChI is InChI=1S/C13H18N4O2S2/c14-7-6-10-3-2-8-17(9-10)21(18,19)12-5-1-4-11-13(12)16-20-15-11/h1,4-5,10H,2-3,6-9,14H2. The van der Waals surface area contributed by atoms with Crippen LogP contribution in [-0.2, 0) is 10.0 Å². The van der Waals surface area contributed by atoms with Gasteiger partial charge >= 0.3 is 0 Å². The van der Waals surface area contributed by atoms with E-state index in [0.29, 0.717) is 36.6 Å². The summed E-state index contributed by atoms with van der Waals surface area (Å²) in [5.41, 5.74) is 6.71. The van der Waals surface area contributed by atoms with Gasteiger partial charge < -0.3 is 5.73 Å². The maximum Gasteiger partial charge on any atom is 0.245 e. The van der Waals surface area contributed by atoms with Gasteiger partial charge in [0.15, 0.2) is 0 Å². The maximum atomic E-state index is 12.9. The SMILES string of the molecule is NCCC1CCCN(S(=O)(=O)c2cccc3nsnc23)C1. The van der Waals surface area contributed by atoms with Gasteiger partial charge in [-0.05, 0) is 43.9 Å². The predicted octanol–water partition coefficient (Wildman–Crippen LogP) is 1.44. The Balaban J connectivity index is 1.94. The minimum atomic E-state index is -3.51. The predicted molar refractivity (Wildman–Crippen MR) is 82.6 cm³/mol. The lowest BCUT2D eigenvalue weighted by Gasteiger charge is -2.31. The summed E-state index contributed by atoms with van der Waals surface area (Å²) in [6.45, 7) is 1.72. The van der Waals surface area contributed by atoms with Gasteiger partial charge in [-0.2, -0.15) is 13.1 Å². The molecule has 1 saturated heterocycles. The second-order valence-electron chi connectivity index (χ2n) is 5.34. The van der Waals surface area contributed by atoms with E-state index in [9.17, 15) is 8.42 Å². The molecule has 0 bridgehead atoms. The van der Waals surface area contributed by atoms with Crippen LogP contribution in [0.3, 0.4) is 0 Å². The van der Waals surface area contributed by atoms with Gasteiger partial charge in [-0.3, -0.25) is 0 Å². The van der Waals surface area contributed by atoms with Crippen LogP contribution in [0, 0.1) is 5.92 Å². The molecule has 0 aliphatic carbocycles. The third kappa shape index (κ3) is 2.80. The number of nitrogens with two attached hydrogens (primary N) is 1. The van der Waals surface area contributed by atoms with Gasteiger partial charge in [0.05, 0.1) is 11.7 Å². The Kier molecular flexibility index (Phi) is 4.21. The summed E-state index contributed by atoms with van der Waals surface area (Å²) in [5.74, 6) is 0.353. The zero-order chi connectivity index (χ0) is 14.9. The molecule has 1 aliphatic heterocycles. The van der Waals surface area contributed by atoms with Crippen LogP contribution < -0.4 is 5.73 Å². The summed E-state index contributed by atoms with van der Waals surface area (Å²) in [7, 11) is -3.51. The summed E-state index contributed by atoms with van der Waals surface area (Å²) >= 11 is 1.04. The first-order valence-electron chi connectivity index (χ1n) is 7.04. The first kappa shape index (κ1) is 14.8. The van der Waals surface area contributed by atoms with Crippen molar-refractivity contribution >= 4 is 32.8 Å². The molecule has 1 aromatic carbocycles. The molecule has 6 nitrogen and oxygen atoms in total. The van der Waals surface area contributed by atoms with Crippen molar-refractivity contribution in [3.8, 4) is 0 Å². The minimum Gasteiger partial charge on any atom is -0.330 e. The fourth-order valence-corrected chi connectivity index (χ4v) is 5.15. The molecule has 2 aromatic rings. The summed E-state index contributed by atoms with van der Waals surface area (Å²) in [6.07, 6.45) is 2.80. The highest BCUT2D eigenvalue weighted by Crippen LogP contribution is 2.28. The number of benzene rings is 1. The highest BCUT2D eigenvalue weighted by atomic mass is 32.2. The van der Waals surface area contributed by atoms with Crippen molar-refractivity contribution in [2.24, 2.45) is 11.7 Å². The molecule has 2 heterocycles. The van der Waals surface area contributed by atoms with Crippen LogP contribution in [-0.4, -0.2) is 41.1 Å². The molecule has 2 N–H and O–H groups in total. The highest BCUT2D eigenvalue weighted by Gasteiger charge is 2.31. The van der Waals surface area contributed by atoms with Crippen LogP contribution >= 0.6 is 11.7 Å². The molecule has 21 heavy (non-hydrogen) atoms. The number of sulfonamides is 1. The van der Waals surface area contributed by atoms with Gasteiger partial charge in [-0.25, -0.2) is 8.42 Å². The van der Waals surface area contributed by atoms with Gasteiger partial charge in [0.25, 0.3) is 0 Å². The quantitative estimate of drug-likeness (QED) is 0.918. The minimum absolute atomic E-state index is 0.266. The average molecular weight is 326 g/mol. The summed E-state index contributed by atoms with van der Waals surface area (Å²) in [6, 6.07) is 5.12. The number of nitrogens with zero attached hydrogens (tertiary/aromatic N) is 3. The molecule has 1 aromatic heterocycles. The van der Waals surface area contributed by atoms with Crippen LogP contribution in [0.5, 0.6) is 0 Å². The van der Waals surface area contributed by atoms with Gasteiger partial charge in [0, 0.05) is 13.1 Å². The van der Waals surface area contributed by atoms with E-state index in [1.807, 2.05) is 0 Å². The summed E-state index contributed by atoms with van der Waals surface area (Å²) < 4.78 is 35.6. The van der Waals surface area contributed by atoms with Crippen molar-refractivity contribution in [1.82, 2.24) is 13.1 Å². The summed E-state index contributed by atoms with van der Waals surface area (Å²) in [4.78, 5) is 0.266. The largest absolute Gasteiger partial charge is 0.330 e. The molecule has 1 atom stereocenters. The lowest BCUT2D eigenvalue weighted by atomic mass is 9.96. The van der Waals surface area contributed by atoms with Crippen molar-refractivity contribution in [3.63, 3.8) is 0 Å². The average Bonchev–Trinajstić information content (AvgIpc) is 2.96. The molecule has 0 saturated carbocycles. The first-order chi connectivity index (χ1) is 10.1. The number of fused-ring (bicyclic) bond motifs is 1. The number of aromatic nitrogens is 2. The zero-order valence-corrected chi connectivity index (χ0v) is 13.2. The molecule has 0 spiro atoms. The van der Waals surface area contributed by atoms with Crippen LogP contribution in [0.2, 0.25) is 0 Å². The van der Waals surface area contributed by atoms with Gasteiger partial charge in [0.1, 0.15) is 15.9 Å². The van der Waals surface area contributed by atoms with E-state index in [-0.39, 0.29) is 4.90 Å². The van der Waals surface area contributed by atoms with Gasteiger partial charge in [-0.1, -0.05) is 6.07 Å². The Hall–Kier alpha value is -1.09. The molecule has 114 valence electrons. The van der Waals surface area contributed by atoms with E-state index in [4.69, 9.17) is 5.73 Å². The van der Waals surface area contributed by atoms with Crippen molar-refractivity contribution in [2.45, 2.75) is 24.2 Å². The molecule has 0 amide bonds. The topological polar surface area (TPSA) is 89.2 Å². The van der Waals surface area contributed by atoms with E-state index >= 15 is 0 Å². The van der Waals surface area contributed by atoms with Gasteiger partial charge in [0.2, 0.25) is 10.0 Å². The number of hydrogen-bond donors (Lipinski definition) is 1. The van der Waals surface area contributed by atoms with E-state index in [1.165, 1.54) is 0 Å². The zero-order valence-electron chi connectivity index (χ0n) is 11.6. The highest BCUT2D eigenvalue weighted by molar-refractivity contribution is 7.89. The first-order valence-corrected chi connectivity index (χ1v) is 9.21. The van der Waals surface area contributed by atoms with E-state index in [2.05, 4.69) is 8.75 Å². The van der Waals surface area contributed by atoms with Crippen molar-refractivity contribution in [3.05, 3.63) is 18.2 Å². The number of hydrogen-bond acceptors (Lipinski definition) is 6. The number of piperidine rings is 1. The van der Waals surface area contributed by atoms with Crippen LogP contribution in [0.1, 0.15) is 19.3 Å². The van der Waals surface area contributed by atoms with Crippen LogP contribution in [0.15, 0.2) is 23.1 Å². The monoisotopic (exact) mass is 326 g/mol. The van der Waals surface area contributed by atoms with Gasteiger partial charge in [-0.15, -0.1) is 0 Å². The van der Waals surface area contributed by atoms with Crippen molar-refractivity contribution in [2.75, 3.05) is 19.6 Å². The number of rotatable bonds is 4. The molecule has 1 fully saturated rings. The summed E-state index contributed by atoms with van der Waals surface area (Å²) in [5, 5.41) is 0. The third-order valence-electron chi connectivity index (χ3n) is 3.92. The molecular formula is C13H18N4O2S2. The van der Waals surface area contributed by atoms with Crippen molar-refractivity contribution < 1.29 is 8.42 Å². The van der Waals surface area contributed by atoms with E-state index < -0.39 is 10.0 Å². The second-order valence-corrected chi connectivity index (χ2v) is 7.77. The molecular weight excluding hydrogens is 308 g/mol. The smallest absolute Gasteiger partial charge is 0.245 e. The Morgan fingerprint density at radius 3 is 3.05 bits per heavy atom. The van der Waals surface area contributed by atoms with Crippen LogP contribution in [0.25, 0.3) is 11.0 Å². The van der Waals surface area contributed by atoms with E-state index in [0.717, 1.165) is 31.0 Å². The fraction of sp³-hybridized carbons (Fsp3) is 0.538. The molecule has 3 rings (SSSR count). The molecule has 8 heteroatoms.